The van der Waals surface area contributed by atoms with Gasteiger partial charge in [-0.1, -0.05) is 24.3 Å². The van der Waals surface area contributed by atoms with Gasteiger partial charge in [0, 0.05) is 13.2 Å². The van der Waals surface area contributed by atoms with Crippen molar-refractivity contribution in [2.45, 2.75) is 44.5 Å². The van der Waals surface area contributed by atoms with E-state index < -0.39 is 0 Å². The summed E-state index contributed by atoms with van der Waals surface area (Å²) in [4.78, 5) is 0. The highest BCUT2D eigenvalue weighted by molar-refractivity contribution is 5.28. The number of rotatable bonds is 6. The third-order valence-corrected chi connectivity index (χ3v) is 4.28. The molecule has 1 aromatic rings. The smallest absolute Gasteiger partial charge is 0.184 e. The van der Waals surface area contributed by atoms with Gasteiger partial charge in [0.25, 0.3) is 0 Å². The fourth-order valence-corrected chi connectivity index (χ4v) is 3.08. The highest BCUT2D eigenvalue weighted by atomic mass is 16.8. The van der Waals surface area contributed by atoms with Crippen molar-refractivity contribution >= 4 is 0 Å². The van der Waals surface area contributed by atoms with E-state index >= 15 is 0 Å². The van der Waals surface area contributed by atoms with Crippen molar-refractivity contribution in [3.63, 3.8) is 0 Å². The Bertz CT molecular complexity index is 426. The highest BCUT2D eigenvalue weighted by Gasteiger charge is 2.50. The predicted octanol–water partition coefficient (Wildman–Crippen LogP) is 2.48. The van der Waals surface area contributed by atoms with Gasteiger partial charge in [-0.05, 0) is 49.1 Å². The third kappa shape index (κ3) is 2.83. The maximum absolute atomic E-state index is 8.99. The first-order valence-electron chi connectivity index (χ1n) is 7.28. The molecule has 1 N–H and O–H groups in total. The summed E-state index contributed by atoms with van der Waals surface area (Å²) in [5.41, 5.74) is 2.65. The van der Waals surface area contributed by atoms with E-state index in [1.54, 1.807) is 0 Å². The Morgan fingerprint density at radius 1 is 1.37 bits per heavy atom. The lowest BCUT2D eigenvalue weighted by Crippen LogP contribution is -2.27. The molecule has 0 spiro atoms. The van der Waals surface area contributed by atoms with Gasteiger partial charge in [0.2, 0.25) is 0 Å². The Labute approximate surface area is 114 Å². The highest BCUT2D eigenvalue weighted by Crippen LogP contribution is 2.49. The van der Waals surface area contributed by atoms with Crippen molar-refractivity contribution in [2.24, 2.45) is 5.92 Å². The number of hydrogen-bond donors (Lipinski definition) is 1. The molecule has 1 heterocycles. The van der Waals surface area contributed by atoms with Crippen molar-refractivity contribution in [1.82, 2.24) is 0 Å². The van der Waals surface area contributed by atoms with E-state index in [2.05, 4.69) is 24.3 Å². The fourth-order valence-electron chi connectivity index (χ4n) is 3.08. The minimum Gasteiger partial charge on any atom is -0.396 e. The van der Waals surface area contributed by atoms with E-state index in [1.165, 1.54) is 24.0 Å². The molecule has 104 valence electrons. The van der Waals surface area contributed by atoms with Gasteiger partial charge in [-0.15, -0.1) is 0 Å². The van der Waals surface area contributed by atoms with Crippen molar-refractivity contribution in [1.29, 1.82) is 0 Å². The lowest BCUT2D eigenvalue weighted by molar-refractivity contribution is 0.0592. The fraction of sp³-hybridized carbons (Fsp3) is 0.625. The van der Waals surface area contributed by atoms with Crippen LogP contribution in [-0.4, -0.2) is 30.7 Å². The second-order valence-electron chi connectivity index (χ2n) is 5.57. The maximum atomic E-state index is 8.99. The molecule has 3 nitrogen and oxygen atoms in total. The summed E-state index contributed by atoms with van der Waals surface area (Å²) >= 11 is 0. The summed E-state index contributed by atoms with van der Waals surface area (Å²) in [7, 11) is 0. The quantitative estimate of drug-likeness (QED) is 0.801. The van der Waals surface area contributed by atoms with Crippen LogP contribution in [0.2, 0.25) is 0 Å². The molecule has 1 saturated carbocycles. The van der Waals surface area contributed by atoms with Crippen LogP contribution in [0.1, 0.15) is 36.8 Å². The number of hydrogen-bond acceptors (Lipinski definition) is 3. The molecule has 0 bridgehead atoms. The summed E-state index contributed by atoms with van der Waals surface area (Å²) in [6, 6.07) is 8.63. The predicted molar refractivity (Wildman–Crippen MR) is 73.0 cm³/mol. The van der Waals surface area contributed by atoms with Crippen LogP contribution >= 0.6 is 0 Å². The molecule has 19 heavy (non-hydrogen) atoms. The van der Waals surface area contributed by atoms with E-state index in [4.69, 9.17) is 14.6 Å². The molecule has 2 unspecified atom stereocenters. The van der Waals surface area contributed by atoms with E-state index in [1.807, 2.05) is 6.92 Å². The Balaban J connectivity index is 1.52. The van der Waals surface area contributed by atoms with E-state index in [9.17, 15) is 0 Å². The molecule has 2 atom stereocenters. The molecular weight excluding hydrogens is 240 g/mol. The van der Waals surface area contributed by atoms with E-state index in [0.29, 0.717) is 17.9 Å². The zero-order valence-corrected chi connectivity index (χ0v) is 11.4. The number of aliphatic hydroxyl groups is 1. The summed E-state index contributed by atoms with van der Waals surface area (Å²) < 4.78 is 11.0. The van der Waals surface area contributed by atoms with Gasteiger partial charge in [-0.2, -0.15) is 0 Å². The molecule has 2 fully saturated rings. The van der Waals surface area contributed by atoms with Crippen molar-refractivity contribution in [2.75, 3.05) is 13.2 Å². The summed E-state index contributed by atoms with van der Waals surface area (Å²) in [5, 5.41) is 8.99. The maximum Gasteiger partial charge on any atom is 0.184 e. The van der Waals surface area contributed by atoms with Crippen LogP contribution in [0.15, 0.2) is 24.3 Å². The Kier molecular flexibility index (Phi) is 3.87. The normalized spacial score (nSPS) is 32.9. The molecule has 1 aromatic carbocycles. The molecule has 3 rings (SSSR count). The van der Waals surface area contributed by atoms with Crippen LogP contribution in [0.5, 0.6) is 0 Å². The summed E-state index contributed by atoms with van der Waals surface area (Å²) in [6.45, 7) is 2.97. The minimum absolute atomic E-state index is 0.0664. The first kappa shape index (κ1) is 13.1. The molecule has 0 aromatic heterocycles. The molecule has 2 aliphatic rings. The van der Waals surface area contributed by atoms with Crippen molar-refractivity contribution in [3.8, 4) is 0 Å². The number of aliphatic hydroxyl groups excluding tert-OH is 1. The van der Waals surface area contributed by atoms with Crippen LogP contribution in [0.4, 0.5) is 0 Å². The number of benzene rings is 1. The third-order valence-electron chi connectivity index (χ3n) is 4.28. The largest absolute Gasteiger partial charge is 0.396 e. The molecule has 1 aliphatic carbocycles. The standard InChI is InChI=1S/C16H22O3/c1-2-18-16-15(19-16)14-9-13(10-14)12-5-3-4-11(8-12)6-7-17/h3-5,8,13-17H,2,6-7,9-10H2,1H3. The second kappa shape index (κ2) is 5.61. The summed E-state index contributed by atoms with van der Waals surface area (Å²) in [5.74, 6) is 1.33. The molecule has 3 heteroatoms. The summed E-state index contributed by atoms with van der Waals surface area (Å²) in [6.07, 6.45) is 3.57. The molecular formula is C16H22O3. The van der Waals surface area contributed by atoms with Gasteiger partial charge >= 0.3 is 0 Å². The average molecular weight is 262 g/mol. The lowest BCUT2D eigenvalue weighted by Gasteiger charge is -2.35. The van der Waals surface area contributed by atoms with Crippen LogP contribution in [0, 0.1) is 5.92 Å². The Hall–Kier alpha value is -0.900. The van der Waals surface area contributed by atoms with Gasteiger partial charge < -0.3 is 14.6 Å². The molecule has 1 aliphatic heterocycles. The molecule has 0 radical (unpaired) electrons. The monoisotopic (exact) mass is 262 g/mol. The van der Waals surface area contributed by atoms with Gasteiger partial charge in [0.15, 0.2) is 6.29 Å². The molecule has 1 saturated heterocycles. The zero-order valence-electron chi connectivity index (χ0n) is 11.4. The minimum atomic E-state index is 0.0664. The van der Waals surface area contributed by atoms with Crippen molar-refractivity contribution in [3.05, 3.63) is 35.4 Å². The molecule has 0 amide bonds. The van der Waals surface area contributed by atoms with Crippen LogP contribution < -0.4 is 0 Å². The SMILES string of the molecule is CCOC1OC1C1CC(c2cccc(CCO)c2)C1. The number of ether oxygens (including phenoxy) is 2. The van der Waals surface area contributed by atoms with Gasteiger partial charge in [0.05, 0.1) is 0 Å². The first-order valence-corrected chi connectivity index (χ1v) is 7.28. The van der Waals surface area contributed by atoms with Gasteiger partial charge in [-0.3, -0.25) is 0 Å². The van der Waals surface area contributed by atoms with Gasteiger partial charge in [-0.25, -0.2) is 0 Å². The van der Waals surface area contributed by atoms with E-state index in [-0.39, 0.29) is 12.9 Å². The first-order chi connectivity index (χ1) is 9.31. The van der Waals surface area contributed by atoms with Crippen LogP contribution in [0.25, 0.3) is 0 Å². The second-order valence-corrected chi connectivity index (χ2v) is 5.57. The lowest BCUT2D eigenvalue weighted by atomic mass is 9.70. The zero-order chi connectivity index (χ0) is 13.2. The average Bonchev–Trinajstić information content (AvgIpc) is 3.08. The topological polar surface area (TPSA) is 42.0 Å². The van der Waals surface area contributed by atoms with Crippen molar-refractivity contribution < 1.29 is 14.6 Å². The van der Waals surface area contributed by atoms with Crippen LogP contribution in [-0.2, 0) is 15.9 Å². The van der Waals surface area contributed by atoms with Crippen LogP contribution in [0.3, 0.4) is 0 Å². The Morgan fingerprint density at radius 2 is 2.21 bits per heavy atom. The van der Waals surface area contributed by atoms with E-state index in [0.717, 1.165) is 13.0 Å². The Morgan fingerprint density at radius 3 is 2.95 bits per heavy atom. The van der Waals surface area contributed by atoms with Gasteiger partial charge in [0.1, 0.15) is 6.10 Å². The number of epoxide rings is 1.